The molecule has 2 aromatic carbocycles. The Balaban J connectivity index is 2.16. The van der Waals surface area contributed by atoms with Crippen molar-refractivity contribution < 1.29 is 9.18 Å². The summed E-state index contributed by atoms with van der Waals surface area (Å²) in [5.74, 6) is -0.469. The number of halogens is 2. The summed E-state index contributed by atoms with van der Waals surface area (Å²) < 4.78 is 13.2. The first-order valence-electron chi connectivity index (χ1n) is 6.24. The lowest BCUT2D eigenvalue weighted by molar-refractivity contribution is 0.0785. The van der Waals surface area contributed by atoms with Crippen molar-refractivity contribution in [1.82, 2.24) is 4.90 Å². The molecule has 0 bridgehead atoms. The van der Waals surface area contributed by atoms with Crippen LogP contribution in [0.25, 0.3) is 0 Å². The van der Waals surface area contributed by atoms with Crippen molar-refractivity contribution in [2.45, 2.75) is 13.5 Å². The van der Waals surface area contributed by atoms with Gasteiger partial charge in [0.2, 0.25) is 0 Å². The first kappa shape index (κ1) is 14.5. The van der Waals surface area contributed by atoms with Crippen molar-refractivity contribution in [1.29, 1.82) is 0 Å². The Morgan fingerprint density at radius 2 is 1.95 bits per heavy atom. The van der Waals surface area contributed by atoms with Crippen molar-refractivity contribution in [3.63, 3.8) is 0 Å². The number of hydrogen-bond acceptors (Lipinski definition) is 1. The first-order chi connectivity index (χ1) is 9.49. The molecule has 2 aromatic rings. The number of amides is 1. The fourth-order valence-corrected chi connectivity index (χ4v) is 2.15. The van der Waals surface area contributed by atoms with Crippen LogP contribution in [0.15, 0.2) is 42.5 Å². The molecule has 1 amide bonds. The molecule has 0 atom stereocenters. The largest absolute Gasteiger partial charge is 0.337 e. The average Bonchev–Trinajstić information content (AvgIpc) is 2.43. The van der Waals surface area contributed by atoms with E-state index in [4.69, 9.17) is 11.6 Å². The van der Waals surface area contributed by atoms with Crippen molar-refractivity contribution in [2.75, 3.05) is 7.05 Å². The van der Waals surface area contributed by atoms with Gasteiger partial charge in [-0.15, -0.1) is 0 Å². The van der Waals surface area contributed by atoms with E-state index in [2.05, 4.69) is 0 Å². The van der Waals surface area contributed by atoms with Gasteiger partial charge in [0, 0.05) is 24.2 Å². The Hall–Kier alpha value is -1.87. The highest BCUT2D eigenvalue weighted by molar-refractivity contribution is 6.31. The molecule has 0 aromatic heterocycles. The van der Waals surface area contributed by atoms with Crippen molar-refractivity contribution in [2.24, 2.45) is 0 Å². The van der Waals surface area contributed by atoms with E-state index in [1.807, 2.05) is 18.2 Å². The van der Waals surface area contributed by atoms with E-state index >= 15 is 0 Å². The van der Waals surface area contributed by atoms with Crippen LogP contribution < -0.4 is 0 Å². The third kappa shape index (κ3) is 3.17. The van der Waals surface area contributed by atoms with Crippen LogP contribution in [0, 0.1) is 12.7 Å². The first-order valence-corrected chi connectivity index (χ1v) is 6.62. The topological polar surface area (TPSA) is 20.3 Å². The molecule has 2 nitrogen and oxygen atoms in total. The zero-order valence-corrected chi connectivity index (χ0v) is 12.1. The molecule has 0 saturated carbocycles. The molecule has 2 rings (SSSR count). The van der Waals surface area contributed by atoms with E-state index in [0.717, 1.165) is 5.56 Å². The van der Waals surface area contributed by atoms with Crippen LogP contribution in [0.5, 0.6) is 0 Å². The van der Waals surface area contributed by atoms with Gasteiger partial charge in [0.05, 0.1) is 0 Å². The van der Waals surface area contributed by atoms with Gasteiger partial charge < -0.3 is 4.90 Å². The highest BCUT2D eigenvalue weighted by Gasteiger charge is 2.14. The van der Waals surface area contributed by atoms with Crippen LogP contribution in [0.2, 0.25) is 5.02 Å². The number of rotatable bonds is 3. The van der Waals surface area contributed by atoms with Crippen molar-refractivity contribution >= 4 is 17.5 Å². The van der Waals surface area contributed by atoms with Gasteiger partial charge in [0.25, 0.3) is 5.91 Å². The predicted molar refractivity (Wildman–Crippen MR) is 78.4 cm³/mol. The number of carbonyl (C=O) groups excluding carboxylic acids is 1. The van der Waals surface area contributed by atoms with Crippen LogP contribution in [-0.4, -0.2) is 17.9 Å². The van der Waals surface area contributed by atoms with Gasteiger partial charge in [-0.2, -0.15) is 0 Å². The average molecular weight is 292 g/mol. The van der Waals surface area contributed by atoms with E-state index in [-0.39, 0.29) is 11.7 Å². The Morgan fingerprint density at radius 1 is 1.25 bits per heavy atom. The molecular weight excluding hydrogens is 277 g/mol. The summed E-state index contributed by atoms with van der Waals surface area (Å²) in [4.78, 5) is 13.8. The zero-order valence-electron chi connectivity index (χ0n) is 11.4. The molecule has 0 aliphatic heterocycles. The highest BCUT2D eigenvalue weighted by Crippen LogP contribution is 2.18. The third-order valence-electron chi connectivity index (χ3n) is 3.12. The summed E-state index contributed by atoms with van der Waals surface area (Å²) in [5, 5.41) is 0.627. The fourth-order valence-electron chi connectivity index (χ4n) is 1.95. The van der Waals surface area contributed by atoms with Gasteiger partial charge in [-0.3, -0.25) is 4.79 Å². The zero-order chi connectivity index (χ0) is 14.7. The maximum atomic E-state index is 13.2. The summed E-state index contributed by atoms with van der Waals surface area (Å²) in [6.07, 6.45) is 0. The highest BCUT2D eigenvalue weighted by atomic mass is 35.5. The van der Waals surface area contributed by atoms with Crippen LogP contribution >= 0.6 is 11.6 Å². The number of hydrogen-bond donors (Lipinski definition) is 0. The lowest BCUT2D eigenvalue weighted by Gasteiger charge is -2.18. The van der Waals surface area contributed by atoms with E-state index in [9.17, 15) is 9.18 Å². The normalized spacial score (nSPS) is 10.4. The Bertz CT molecular complexity index is 642. The summed E-state index contributed by atoms with van der Waals surface area (Å²) in [5.41, 5.74) is 1.81. The Morgan fingerprint density at radius 3 is 2.60 bits per heavy atom. The second kappa shape index (κ2) is 6.06. The summed E-state index contributed by atoms with van der Waals surface area (Å²) in [6, 6.07) is 11.7. The summed E-state index contributed by atoms with van der Waals surface area (Å²) in [7, 11) is 1.70. The molecule has 0 saturated heterocycles. The molecule has 0 aliphatic carbocycles. The van der Waals surface area contributed by atoms with Gasteiger partial charge in [0.1, 0.15) is 5.82 Å². The van der Waals surface area contributed by atoms with E-state index in [1.165, 1.54) is 12.1 Å². The minimum Gasteiger partial charge on any atom is -0.337 e. The lowest BCUT2D eigenvalue weighted by Crippen LogP contribution is -2.26. The van der Waals surface area contributed by atoms with Gasteiger partial charge >= 0.3 is 0 Å². The second-order valence-corrected chi connectivity index (χ2v) is 5.12. The SMILES string of the molecule is Cc1cc(C(=O)N(C)Cc2ccccc2Cl)ccc1F. The van der Waals surface area contributed by atoms with Crippen molar-refractivity contribution in [3.8, 4) is 0 Å². The van der Waals surface area contributed by atoms with Crippen LogP contribution in [0.3, 0.4) is 0 Å². The number of benzene rings is 2. The maximum Gasteiger partial charge on any atom is 0.253 e. The van der Waals surface area contributed by atoms with Gasteiger partial charge in [-0.1, -0.05) is 29.8 Å². The molecule has 0 unspecified atom stereocenters. The number of aryl methyl sites for hydroxylation is 1. The monoisotopic (exact) mass is 291 g/mol. The van der Waals surface area contributed by atoms with E-state index in [0.29, 0.717) is 22.7 Å². The van der Waals surface area contributed by atoms with Gasteiger partial charge in [0.15, 0.2) is 0 Å². The molecule has 104 valence electrons. The number of carbonyl (C=O) groups is 1. The quantitative estimate of drug-likeness (QED) is 0.835. The molecule has 4 heteroatoms. The molecule has 0 fully saturated rings. The van der Waals surface area contributed by atoms with E-state index in [1.54, 1.807) is 31.0 Å². The molecule has 0 N–H and O–H groups in total. The molecular formula is C16H15ClFNO. The molecule has 0 heterocycles. The minimum absolute atomic E-state index is 0.159. The second-order valence-electron chi connectivity index (χ2n) is 4.72. The van der Waals surface area contributed by atoms with Crippen molar-refractivity contribution in [3.05, 3.63) is 70.0 Å². The maximum absolute atomic E-state index is 13.2. The van der Waals surface area contributed by atoms with Gasteiger partial charge in [-0.25, -0.2) is 4.39 Å². The van der Waals surface area contributed by atoms with Crippen LogP contribution in [-0.2, 0) is 6.54 Å². The summed E-state index contributed by atoms with van der Waals surface area (Å²) >= 11 is 6.08. The molecule has 20 heavy (non-hydrogen) atoms. The third-order valence-corrected chi connectivity index (χ3v) is 3.49. The Labute approximate surface area is 122 Å². The van der Waals surface area contributed by atoms with Crippen LogP contribution in [0.1, 0.15) is 21.5 Å². The van der Waals surface area contributed by atoms with Crippen LogP contribution in [0.4, 0.5) is 4.39 Å². The number of nitrogens with zero attached hydrogens (tertiary/aromatic N) is 1. The summed E-state index contributed by atoms with van der Waals surface area (Å²) in [6.45, 7) is 2.05. The van der Waals surface area contributed by atoms with E-state index < -0.39 is 0 Å². The Kier molecular flexibility index (Phi) is 4.40. The lowest BCUT2D eigenvalue weighted by atomic mass is 10.1. The standard InChI is InChI=1S/C16H15ClFNO/c1-11-9-12(7-8-15(11)18)16(20)19(2)10-13-5-3-4-6-14(13)17/h3-9H,10H2,1-2H3. The fraction of sp³-hybridized carbons (Fsp3) is 0.188. The molecule has 0 spiro atoms. The molecule has 0 radical (unpaired) electrons. The predicted octanol–water partition coefficient (Wildman–Crippen LogP) is 4.06. The molecule has 0 aliphatic rings. The van der Waals surface area contributed by atoms with Gasteiger partial charge in [-0.05, 0) is 42.3 Å². The smallest absolute Gasteiger partial charge is 0.253 e. The minimum atomic E-state index is -0.310.